The first kappa shape index (κ1) is 15.4. The first-order valence-corrected chi connectivity index (χ1v) is 7.66. The number of nitrogens with zero attached hydrogens (tertiary/aromatic N) is 2. The lowest BCUT2D eigenvalue weighted by Gasteiger charge is -2.16. The molecule has 0 radical (unpaired) electrons. The third kappa shape index (κ3) is 3.39. The van der Waals surface area contributed by atoms with Crippen LogP contribution in [-0.4, -0.2) is 21.0 Å². The number of hydrogen-bond acceptors (Lipinski definition) is 5. The van der Waals surface area contributed by atoms with Crippen molar-refractivity contribution in [2.45, 2.75) is 40.2 Å². The minimum atomic E-state index is -0.969. The largest absolute Gasteiger partial charge is 0.478 e. The Morgan fingerprint density at radius 3 is 2.76 bits per heavy atom. The summed E-state index contributed by atoms with van der Waals surface area (Å²) in [5.74, 6) is -0.566. The first-order valence-electron chi connectivity index (χ1n) is 6.85. The van der Waals surface area contributed by atoms with Gasteiger partial charge in [-0.25, -0.2) is 14.8 Å². The van der Waals surface area contributed by atoms with E-state index in [0.717, 1.165) is 17.1 Å². The molecule has 21 heavy (non-hydrogen) atoms. The third-order valence-electron chi connectivity index (χ3n) is 3.20. The molecule has 0 spiro atoms. The summed E-state index contributed by atoms with van der Waals surface area (Å²) < 4.78 is 0. The Labute approximate surface area is 128 Å². The minimum absolute atomic E-state index is 0.0814. The van der Waals surface area contributed by atoms with Gasteiger partial charge in [0.05, 0.1) is 6.04 Å². The molecule has 0 amide bonds. The highest BCUT2D eigenvalue weighted by Gasteiger charge is 2.19. The van der Waals surface area contributed by atoms with Crippen molar-refractivity contribution < 1.29 is 9.90 Å². The number of pyridine rings is 1. The molecule has 0 saturated heterocycles. The first-order chi connectivity index (χ1) is 9.92. The SMILES string of the molecule is CCc1cnc(C(C)Nc2nc(C)cc(C)c2C(=O)O)s1. The molecule has 112 valence electrons. The number of aryl methyl sites for hydroxylation is 3. The van der Waals surface area contributed by atoms with Crippen LogP contribution < -0.4 is 5.32 Å². The third-order valence-corrected chi connectivity index (χ3v) is 4.53. The van der Waals surface area contributed by atoms with Gasteiger partial charge in [0, 0.05) is 16.8 Å². The number of hydrogen-bond donors (Lipinski definition) is 2. The summed E-state index contributed by atoms with van der Waals surface area (Å²) in [6.45, 7) is 7.69. The van der Waals surface area contributed by atoms with Crippen LogP contribution in [0.5, 0.6) is 0 Å². The van der Waals surface area contributed by atoms with Crippen LogP contribution in [0.15, 0.2) is 12.3 Å². The zero-order chi connectivity index (χ0) is 15.6. The summed E-state index contributed by atoms with van der Waals surface area (Å²) in [6.07, 6.45) is 2.82. The molecule has 0 fully saturated rings. The van der Waals surface area contributed by atoms with E-state index in [0.29, 0.717) is 11.4 Å². The average molecular weight is 305 g/mol. The Hall–Kier alpha value is -1.95. The number of anilines is 1. The molecule has 1 atom stereocenters. The van der Waals surface area contributed by atoms with Crippen molar-refractivity contribution in [3.8, 4) is 0 Å². The summed E-state index contributed by atoms with van der Waals surface area (Å²) in [6, 6.07) is 1.69. The lowest BCUT2D eigenvalue weighted by Crippen LogP contribution is -2.14. The van der Waals surface area contributed by atoms with Gasteiger partial charge in [-0.2, -0.15) is 0 Å². The van der Waals surface area contributed by atoms with Crippen molar-refractivity contribution in [3.63, 3.8) is 0 Å². The zero-order valence-corrected chi connectivity index (χ0v) is 13.4. The van der Waals surface area contributed by atoms with E-state index in [2.05, 4.69) is 22.2 Å². The highest BCUT2D eigenvalue weighted by molar-refractivity contribution is 7.11. The van der Waals surface area contributed by atoms with Crippen LogP contribution >= 0.6 is 11.3 Å². The molecule has 0 aliphatic rings. The molecule has 2 rings (SSSR count). The van der Waals surface area contributed by atoms with Crippen molar-refractivity contribution in [2.24, 2.45) is 0 Å². The number of thiazole rings is 1. The fourth-order valence-electron chi connectivity index (χ4n) is 2.16. The van der Waals surface area contributed by atoms with Crippen molar-refractivity contribution in [3.05, 3.63) is 39.0 Å². The molecule has 2 heterocycles. The number of aromatic nitrogens is 2. The Morgan fingerprint density at radius 2 is 2.19 bits per heavy atom. The molecule has 0 aliphatic heterocycles. The van der Waals surface area contributed by atoms with Gasteiger partial charge in [0.15, 0.2) is 0 Å². The van der Waals surface area contributed by atoms with Gasteiger partial charge in [0.25, 0.3) is 0 Å². The molecule has 0 saturated carbocycles. The Morgan fingerprint density at radius 1 is 1.48 bits per heavy atom. The fourth-order valence-corrected chi connectivity index (χ4v) is 3.02. The summed E-state index contributed by atoms with van der Waals surface area (Å²) in [7, 11) is 0. The van der Waals surface area contributed by atoms with Gasteiger partial charge in [0.2, 0.25) is 0 Å². The van der Waals surface area contributed by atoms with E-state index in [-0.39, 0.29) is 11.6 Å². The molecule has 6 heteroatoms. The second-order valence-corrected chi connectivity index (χ2v) is 6.14. The second-order valence-electron chi connectivity index (χ2n) is 4.99. The Balaban J connectivity index is 2.32. The van der Waals surface area contributed by atoms with Crippen molar-refractivity contribution in [2.75, 3.05) is 5.32 Å². The molecular formula is C15H19N3O2S. The van der Waals surface area contributed by atoms with Crippen LogP contribution in [0.25, 0.3) is 0 Å². The van der Waals surface area contributed by atoms with Crippen LogP contribution in [0.3, 0.4) is 0 Å². The quantitative estimate of drug-likeness (QED) is 0.883. The normalized spacial score (nSPS) is 12.2. The van der Waals surface area contributed by atoms with Crippen LogP contribution in [0, 0.1) is 13.8 Å². The predicted molar refractivity (Wildman–Crippen MR) is 84.2 cm³/mol. The predicted octanol–water partition coefficient (Wildman–Crippen LogP) is 3.59. The van der Waals surface area contributed by atoms with E-state index in [9.17, 15) is 9.90 Å². The number of carbonyl (C=O) groups is 1. The molecule has 5 nitrogen and oxygen atoms in total. The number of nitrogens with one attached hydrogen (secondary N) is 1. The average Bonchev–Trinajstić information content (AvgIpc) is 2.85. The number of carboxylic acids is 1. The molecule has 0 bridgehead atoms. The Kier molecular flexibility index (Phi) is 4.57. The summed E-state index contributed by atoms with van der Waals surface area (Å²) >= 11 is 1.63. The van der Waals surface area contributed by atoms with Crippen LogP contribution in [-0.2, 0) is 6.42 Å². The molecule has 2 N–H and O–H groups in total. The van der Waals surface area contributed by atoms with E-state index >= 15 is 0 Å². The van der Waals surface area contributed by atoms with Crippen molar-refractivity contribution >= 4 is 23.1 Å². The summed E-state index contributed by atoms with van der Waals surface area (Å²) in [5.41, 5.74) is 1.72. The van der Waals surface area contributed by atoms with E-state index in [1.165, 1.54) is 4.88 Å². The zero-order valence-electron chi connectivity index (χ0n) is 12.6. The smallest absolute Gasteiger partial charge is 0.339 e. The van der Waals surface area contributed by atoms with E-state index in [1.54, 1.807) is 24.3 Å². The maximum absolute atomic E-state index is 11.4. The number of rotatable bonds is 5. The topological polar surface area (TPSA) is 75.1 Å². The van der Waals surface area contributed by atoms with Gasteiger partial charge in [0.1, 0.15) is 16.4 Å². The van der Waals surface area contributed by atoms with Crippen molar-refractivity contribution in [1.82, 2.24) is 9.97 Å². The number of carboxylic acid groups (broad SMARTS) is 1. The van der Waals surface area contributed by atoms with Crippen molar-refractivity contribution in [1.29, 1.82) is 0 Å². The minimum Gasteiger partial charge on any atom is -0.478 e. The summed E-state index contributed by atoms with van der Waals surface area (Å²) in [5, 5.41) is 13.5. The molecule has 0 aromatic carbocycles. The van der Waals surface area contributed by atoms with Crippen LogP contribution in [0.2, 0.25) is 0 Å². The van der Waals surface area contributed by atoms with Crippen LogP contribution in [0.1, 0.15) is 51.4 Å². The van der Waals surface area contributed by atoms with E-state index in [4.69, 9.17) is 0 Å². The number of aromatic carboxylic acids is 1. The van der Waals surface area contributed by atoms with Gasteiger partial charge in [-0.15, -0.1) is 11.3 Å². The standard InChI is InChI=1S/C15H19N3O2S/c1-5-11-7-16-14(21-11)10(4)18-13-12(15(19)20)8(2)6-9(3)17-13/h6-7,10H,5H2,1-4H3,(H,17,18)(H,19,20). The monoisotopic (exact) mass is 305 g/mol. The Bertz CT molecular complexity index is 667. The molecular weight excluding hydrogens is 286 g/mol. The maximum Gasteiger partial charge on any atom is 0.339 e. The highest BCUT2D eigenvalue weighted by atomic mass is 32.1. The van der Waals surface area contributed by atoms with E-state index < -0.39 is 5.97 Å². The van der Waals surface area contributed by atoms with Gasteiger partial charge in [-0.1, -0.05) is 6.92 Å². The van der Waals surface area contributed by atoms with Gasteiger partial charge >= 0.3 is 5.97 Å². The molecule has 2 aromatic heterocycles. The molecule has 2 aromatic rings. The lowest BCUT2D eigenvalue weighted by molar-refractivity contribution is 0.0696. The van der Waals surface area contributed by atoms with E-state index in [1.807, 2.05) is 20.0 Å². The van der Waals surface area contributed by atoms with Gasteiger partial charge < -0.3 is 10.4 Å². The highest BCUT2D eigenvalue weighted by Crippen LogP contribution is 2.26. The lowest BCUT2D eigenvalue weighted by atomic mass is 10.1. The second kappa shape index (κ2) is 6.22. The molecule has 0 aliphatic carbocycles. The fraction of sp³-hybridized carbons (Fsp3) is 0.400. The summed E-state index contributed by atoms with van der Waals surface area (Å²) in [4.78, 5) is 21.4. The van der Waals surface area contributed by atoms with Gasteiger partial charge in [-0.05, 0) is 38.8 Å². The maximum atomic E-state index is 11.4. The van der Waals surface area contributed by atoms with Gasteiger partial charge in [-0.3, -0.25) is 0 Å². The van der Waals surface area contributed by atoms with Crippen LogP contribution in [0.4, 0.5) is 5.82 Å². The molecule has 1 unspecified atom stereocenters.